The van der Waals surface area contributed by atoms with Gasteiger partial charge in [0.2, 0.25) is 0 Å². The molecule has 0 saturated carbocycles. The van der Waals surface area contributed by atoms with Crippen molar-refractivity contribution in [1.82, 2.24) is 9.97 Å². The predicted molar refractivity (Wildman–Crippen MR) is 101 cm³/mol. The second-order valence-electron chi connectivity index (χ2n) is 5.84. The van der Waals surface area contributed by atoms with E-state index < -0.39 is 0 Å². The number of rotatable bonds is 7. The molecule has 3 aromatic rings. The van der Waals surface area contributed by atoms with Crippen LogP contribution in [0.1, 0.15) is 12.8 Å². The molecule has 1 N–H and O–H groups in total. The van der Waals surface area contributed by atoms with E-state index in [1.807, 2.05) is 41.8 Å². The SMILES string of the molecule is c1ccc(Oc2cnc(Nc3nccs3)c(OCC3CCCO3)c2)cc1. The predicted octanol–water partition coefficient (Wildman–Crippen LogP) is 4.63. The van der Waals surface area contributed by atoms with Crippen LogP contribution in [0.5, 0.6) is 17.2 Å². The summed E-state index contributed by atoms with van der Waals surface area (Å²) in [4.78, 5) is 8.70. The standard InChI is InChI=1S/C19H19N3O3S/c1-2-5-14(6-3-1)25-16-11-17(24-13-15-7-4-9-23-15)18(21-12-16)22-19-20-8-10-26-19/h1-3,5-6,8,10-12,15H,4,7,9,13H2,(H,20,21,22). The van der Waals surface area contributed by atoms with Crippen LogP contribution in [0.15, 0.2) is 54.2 Å². The Morgan fingerprint density at radius 3 is 2.88 bits per heavy atom. The number of pyridine rings is 1. The van der Waals surface area contributed by atoms with Gasteiger partial charge in [-0.25, -0.2) is 9.97 Å². The van der Waals surface area contributed by atoms with Crippen molar-refractivity contribution in [1.29, 1.82) is 0 Å². The smallest absolute Gasteiger partial charge is 0.188 e. The Balaban J connectivity index is 1.53. The first kappa shape index (κ1) is 16.8. The van der Waals surface area contributed by atoms with Gasteiger partial charge in [-0.1, -0.05) is 18.2 Å². The van der Waals surface area contributed by atoms with E-state index in [0.717, 1.165) is 30.3 Å². The molecule has 1 aromatic carbocycles. The van der Waals surface area contributed by atoms with Gasteiger partial charge in [0.25, 0.3) is 0 Å². The van der Waals surface area contributed by atoms with E-state index in [-0.39, 0.29) is 6.10 Å². The summed E-state index contributed by atoms with van der Waals surface area (Å²) in [6.07, 6.45) is 5.63. The summed E-state index contributed by atoms with van der Waals surface area (Å²) < 4.78 is 17.5. The average molecular weight is 369 g/mol. The van der Waals surface area contributed by atoms with E-state index in [9.17, 15) is 0 Å². The largest absolute Gasteiger partial charge is 0.487 e. The van der Waals surface area contributed by atoms with Crippen molar-refractivity contribution in [2.45, 2.75) is 18.9 Å². The summed E-state index contributed by atoms with van der Waals surface area (Å²) in [7, 11) is 0. The first-order chi connectivity index (χ1) is 12.9. The third kappa shape index (κ3) is 4.30. The van der Waals surface area contributed by atoms with Crippen LogP contribution in [-0.4, -0.2) is 29.3 Å². The highest BCUT2D eigenvalue weighted by molar-refractivity contribution is 7.13. The minimum absolute atomic E-state index is 0.126. The topological polar surface area (TPSA) is 65.5 Å². The van der Waals surface area contributed by atoms with Gasteiger partial charge in [-0.05, 0) is 25.0 Å². The molecule has 7 heteroatoms. The van der Waals surface area contributed by atoms with E-state index in [1.165, 1.54) is 11.3 Å². The second-order valence-corrected chi connectivity index (χ2v) is 6.74. The first-order valence-corrected chi connectivity index (χ1v) is 9.39. The first-order valence-electron chi connectivity index (χ1n) is 8.51. The van der Waals surface area contributed by atoms with Crippen molar-refractivity contribution in [3.05, 3.63) is 54.2 Å². The molecule has 0 radical (unpaired) electrons. The minimum atomic E-state index is 0.126. The number of nitrogens with one attached hydrogen (secondary N) is 1. The molecule has 4 rings (SSSR count). The molecule has 2 aromatic heterocycles. The van der Waals surface area contributed by atoms with Crippen LogP contribution in [0.3, 0.4) is 0 Å². The van der Waals surface area contributed by atoms with E-state index in [4.69, 9.17) is 14.2 Å². The highest BCUT2D eigenvalue weighted by atomic mass is 32.1. The number of anilines is 2. The molecule has 0 bridgehead atoms. The fourth-order valence-electron chi connectivity index (χ4n) is 2.66. The third-order valence-electron chi connectivity index (χ3n) is 3.91. The van der Waals surface area contributed by atoms with E-state index in [2.05, 4.69) is 15.3 Å². The van der Waals surface area contributed by atoms with Crippen molar-refractivity contribution in [3.63, 3.8) is 0 Å². The van der Waals surface area contributed by atoms with Crippen LogP contribution < -0.4 is 14.8 Å². The molecule has 1 aliphatic rings. The summed E-state index contributed by atoms with van der Waals surface area (Å²) in [5.41, 5.74) is 0. The van der Waals surface area contributed by atoms with Gasteiger partial charge in [-0.15, -0.1) is 11.3 Å². The van der Waals surface area contributed by atoms with Crippen molar-refractivity contribution in [2.75, 3.05) is 18.5 Å². The third-order valence-corrected chi connectivity index (χ3v) is 4.60. The highest BCUT2D eigenvalue weighted by Crippen LogP contribution is 2.32. The number of ether oxygens (including phenoxy) is 3. The lowest BCUT2D eigenvalue weighted by molar-refractivity contribution is 0.0680. The molecular weight excluding hydrogens is 350 g/mol. The van der Waals surface area contributed by atoms with Gasteiger partial charge in [0.15, 0.2) is 16.7 Å². The molecule has 0 amide bonds. The maximum atomic E-state index is 6.00. The number of aromatic nitrogens is 2. The van der Waals surface area contributed by atoms with Crippen molar-refractivity contribution < 1.29 is 14.2 Å². The molecule has 134 valence electrons. The molecule has 0 spiro atoms. The monoisotopic (exact) mass is 369 g/mol. The lowest BCUT2D eigenvalue weighted by Crippen LogP contribution is -2.17. The molecule has 1 aliphatic heterocycles. The average Bonchev–Trinajstić information content (AvgIpc) is 3.36. The van der Waals surface area contributed by atoms with Crippen LogP contribution in [-0.2, 0) is 4.74 Å². The summed E-state index contributed by atoms with van der Waals surface area (Å²) in [5, 5.41) is 5.86. The number of hydrogen-bond acceptors (Lipinski definition) is 7. The lowest BCUT2D eigenvalue weighted by Gasteiger charge is -2.15. The minimum Gasteiger partial charge on any atom is -0.487 e. The zero-order valence-electron chi connectivity index (χ0n) is 14.1. The fourth-order valence-corrected chi connectivity index (χ4v) is 3.18. The number of nitrogens with zero attached hydrogens (tertiary/aromatic N) is 2. The van der Waals surface area contributed by atoms with Gasteiger partial charge in [0, 0.05) is 24.3 Å². The van der Waals surface area contributed by atoms with E-state index in [1.54, 1.807) is 12.4 Å². The Labute approximate surface area is 155 Å². The molecule has 0 aliphatic carbocycles. The molecular formula is C19H19N3O3S. The Hall–Kier alpha value is -2.64. The molecule has 1 unspecified atom stereocenters. The number of thiazole rings is 1. The van der Waals surface area contributed by atoms with E-state index in [0.29, 0.717) is 23.9 Å². The van der Waals surface area contributed by atoms with Crippen molar-refractivity contribution in [2.24, 2.45) is 0 Å². The highest BCUT2D eigenvalue weighted by Gasteiger charge is 2.18. The number of benzene rings is 1. The van der Waals surface area contributed by atoms with Gasteiger partial charge in [-0.2, -0.15) is 0 Å². The molecule has 1 saturated heterocycles. The zero-order chi connectivity index (χ0) is 17.6. The molecule has 26 heavy (non-hydrogen) atoms. The van der Waals surface area contributed by atoms with Crippen LogP contribution >= 0.6 is 11.3 Å². The Morgan fingerprint density at radius 1 is 1.19 bits per heavy atom. The Morgan fingerprint density at radius 2 is 2.12 bits per heavy atom. The van der Waals surface area contributed by atoms with Gasteiger partial charge in [0.1, 0.15) is 18.1 Å². The number of hydrogen-bond donors (Lipinski definition) is 1. The maximum Gasteiger partial charge on any atom is 0.188 e. The van der Waals surface area contributed by atoms with Crippen molar-refractivity contribution in [3.8, 4) is 17.2 Å². The van der Waals surface area contributed by atoms with Gasteiger partial charge in [-0.3, -0.25) is 0 Å². The molecule has 6 nitrogen and oxygen atoms in total. The van der Waals surface area contributed by atoms with Crippen LogP contribution in [0.2, 0.25) is 0 Å². The van der Waals surface area contributed by atoms with E-state index >= 15 is 0 Å². The summed E-state index contributed by atoms with van der Waals surface area (Å²) in [6, 6.07) is 11.4. The summed E-state index contributed by atoms with van der Waals surface area (Å²) in [5.74, 6) is 2.59. The van der Waals surface area contributed by atoms with Crippen LogP contribution in [0.25, 0.3) is 0 Å². The van der Waals surface area contributed by atoms with Crippen LogP contribution in [0, 0.1) is 0 Å². The number of para-hydroxylation sites is 1. The Bertz CT molecular complexity index is 821. The second kappa shape index (κ2) is 8.16. The summed E-state index contributed by atoms with van der Waals surface area (Å²) in [6.45, 7) is 1.29. The molecule has 1 atom stereocenters. The molecule has 1 fully saturated rings. The van der Waals surface area contributed by atoms with Gasteiger partial charge in [0.05, 0.1) is 12.3 Å². The quantitative estimate of drug-likeness (QED) is 0.655. The van der Waals surface area contributed by atoms with Crippen LogP contribution in [0.4, 0.5) is 10.9 Å². The zero-order valence-corrected chi connectivity index (χ0v) is 14.9. The molecule has 3 heterocycles. The lowest BCUT2D eigenvalue weighted by atomic mass is 10.2. The Kier molecular flexibility index (Phi) is 5.27. The van der Waals surface area contributed by atoms with Gasteiger partial charge < -0.3 is 19.5 Å². The van der Waals surface area contributed by atoms with Crippen molar-refractivity contribution >= 4 is 22.3 Å². The fraction of sp³-hybridized carbons (Fsp3) is 0.263. The van der Waals surface area contributed by atoms with Gasteiger partial charge >= 0.3 is 0 Å². The maximum absolute atomic E-state index is 6.00. The summed E-state index contributed by atoms with van der Waals surface area (Å²) >= 11 is 1.50. The normalized spacial score (nSPS) is 16.4.